The van der Waals surface area contributed by atoms with E-state index in [1.165, 1.54) is 11.2 Å². The molecule has 0 atom stereocenters. The van der Waals surface area contributed by atoms with E-state index in [9.17, 15) is 4.79 Å². The Morgan fingerprint density at radius 1 is 1.86 bits per heavy atom. The third-order valence-electron chi connectivity index (χ3n) is 0.520. The molecule has 0 saturated carbocycles. The number of carbonyl (C=O) groups excluding carboxylic acids is 1. The van der Waals surface area contributed by atoms with E-state index in [0.717, 1.165) is 0 Å². The van der Waals surface area contributed by atoms with Gasteiger partial charge in [0.1, 0.15) is 6.29 Å². The highest BCUT2D eigenvalue weighted by molar-refractivity contribution is 5.51. The highest BCUT2D eigenvalue weighted by Crippen LogP contribution is 1.68. The summed E-state index contributed by atoms with van der Waals surface area (Å²) >= 11 is 0. The molecule has 0 spiro atoms. The molecule has 0 amide bonds. The average Bonchev–Trinajstić information content (AvgIpc) is 1.68. The molecule has 3 nitrogen and oxygen atoms in total. The largest absolute Gasteiger partial charge is 0.312 e. The summed E-state index contributed by atoms with van der Waals surface area (Å²) in [7, 11) is 0. The molecule has 0 aliphatic heterocycles. The second kappa shape index (κ2) is 3.36. The van der Waals surface area contributed by atoms with Crippen LogP contribution in [0.3, 0.4) is 0 Å². The summed E-state index contributed by atoms with van der Waals surface area (Å²) in [6.07, 6.45) is 2.09. The monoisotopic (exact) mass is 100 g/mol. The third-order valence-corrected chi connectivity index (χ3v) is 0.520. The number of nitrogens with two attached hydrogens (primary N) is 1. The molecule has 0 unspecified atom stereocenters. The van der Waals surface area contributed by atoms with E-state index in [4.69, 9.17) is 5.84 Å². The van der Waals surface area contributed by atoms with Gasteiger partial charge >= 0.3 is 0 Å². The molecule has 0 rings (SSSR count). The van der Waals surface area contributed by atoms with Crippen LogP contribution in [0.2, 0.25) is 0 Å². The zero-order valence-corrected chi connectivity index (χ0v) is 4.00. The van der Waals surface area contributed by atoms with Gasteiger partial charge in [0.05, 0.1) is 6.54 Å². The first-order valence-corrected chi connectivity index (χ1v) is 1.88. The number of hydrazine groups is 1. The molecule has 0 bridgehead atoms. The van der Waals surface area contributed by atoms with Crippen LogP contribution in [0.25, 0.3) is 0 Å². The number of carbonyl (C=O) groups is 1. The van der Waals surface area contributed by atoms with Gasteiger partial charge in [-0.05, 0) is 0 Å². The Hall–Kier alpha value is -0.830. The summed E-state index contributed by atoms with van der Waals surface area (Å²) in [6.45, 7) is 3.53. The van der Waals surface area contributed by atoms with E-state index in [-0.39, 0.29) is 6.54 Å². The van der Waals surface area contributed by atoms with Crippen LogP contribution >= 0.6 is 0 Å². The maximum atomic E-state index is 9.60. The topological polar surface area (TPSA) is 46.3 Å². The Kier molecular flexibility index (Phi) is 2.96. The quantitative estimate of drug-likeness (QED) is 0.295. The van der Waals surface area contributed by atoms with Crippen molar-refractivity contribution in [3.8, 4) is 0 Å². The standard InChI is InChI=1S/C4H8N2O/c1-2-6(5)3-4-7/h2,4H,1,3,5H2. The van der Waals surface area contributed by atoms with E-state index in [1.54, 1.807) is 0 Å². The lowest BCUT2D eigenvalue weighted by atomic mass is 10.7. The van der Waals surface area contributed by atoms with Crippen LogP contribution < -0.4 is 5.84 Å². The fourth-order valence-corrected chi connectivity index (χ4v) is 0.161. The van der Waals surface area contributed by atoms with Crippen LogP contribution in [0.5, 0.6) is 0 Å². The minimum absolute atomic E-state index is 0.212. The summed E-state index contributed by atoms with van der Waals surface area (Å²) in [5.74, 6) is 5.07. The van der Waals surface area contributed by atoms with Gasteiger partial charge in [-0.3, -0.25) is 0 Å². The number of rotatable bonds is 3. The molecule has 2 N–H and O–H groups in total. The lowest BCUT2D eigenvalue weighted by Gasteiger charge is -2.04. The van der Waals surface area contributed by atoms with Crippen molar-refractivity contribution in [2.45, 2.75) is 0 Å². The highest BCUT2D eigenvalue weighted by Gasteiger charge is 1.81. The molecule has 40 valence electrons. The molecule has 0 aromatic rings. The molecular weight excluding hydrogens is 92.1 g/mol. The van der Waals surface area contributed by atoms with Crippen molar-refractivity contribution in [2.24, 2.45) is 5.84 Å². The Morgan fingerprint density at radius 2 is 2.43 bits per heavy atom. The molecule has 7 heavy (non-hydrogen) atoms. The highest BCUT2D eigenvalue weighted by atomic mass is 16.1. The van der Waals surface area contributed by atoms with E-state index < -0.39 is 0 Å². The Morgan fingerprint density at radius 3 is 2.57 bits per heavy atom. The first-order valence-electron chi connectivity index (χ1n) is 1.88. The Balaban J connectivity index is 3.15. The maximum Gasteiger partial charge on any atom is 0.140 e. The Bertz CT molecular complexity index is 72.1. The van der Waals surface area contributed by atoms with Crippen LogP contribution in [-0.2, 0) is 4.79 Å². The average molecular weight is 100 g/mol. The summed E-state index contributed by atoms with van der Waals surface area (Å²) in [5.41, 5.74) is 0. The van der Waals surface area contributed by atoms with Crippen LogP contribution in [0.15, 0.2) is 12.8 Å². The summed E-state index contributed by atoms with van der Waals surface area (Å²) < 4.78 is 0. The van der Waals surface area contributed by atoms with Gasteiger partial charge in [-0.25, -0.2) is 5.84 Å². The molecule has 3 heteroatoms. The van der Waals surface area contributed by atoms with Gasteiger partial charge in [0.25, 0.3) is 0 Å². The maximum absolute atomic E-state index is 9.60. The molecule has 0 heterocycles. The molecule has 0 aliphatic carbocycles. The van der Waals surface area contributed by atoms with Crippen molar-refractivity contribution in [1.29, 1.82) is 0 Å². The van der Waals surface area contributed by atoms with Crippen molar-refractivity contribution >= 4 is 6.29 Å². The normalized spacial score (nSPS) is 7.57. The van der Waals surface area contributed by atoms with Crippen LogP contribution in [-0.4, -0.2) is 17.8 Å². The smallest absolute Gasteiger partial charge is 0.140 e. The molecule has 0 aliphatic rings. The van der Waals surface area contributed by atoms with Crippen LogP contribution in [0, 0.1) is 0 Å². The third kappa shape index (κ3) is 2.99. The fourth-order valence-electron chi connectivity index (χ4n) is 0.161. The predicted molar refractivity (Wildman–Crippen MR) is 27.2 cm³/mol. The molecule has 0 radical (unpaired) electrons. The number of hydrogen-bond donors (Lipinski definition) is 1. The van der Waals surface area contributed by atoms with Crippen LogP contribution in [0.4, 0.5) is 0 Å². The lowest BCUT2D eigenvalue weighted by molar-refractivity contribution is -0.108. The lowest BCUT2D eigenvalue weighted by Crippen LogP contribution is -2.26. The van der Waals surface area contributed by atoms with Gasteiger partial charge < -0.3 is 9.80 Å². The second-order valence-electron chi connectivity index (χ2n) is 1.05. The van der Waals surface area contributed by atoms with Gasteiger partial charge in [0.2, 0.25) is 0 Å². The van der Waals surface area contributed by atoms with E-state index in [2.05, 4.69) is 6.58 Å². The molecule has 0 aromatic heterocycles. The van der Waals surface area contributed by atoms with Crippen molar-refractivity contribution in [2.75, 3.05) is 6.54 Å². The van der Waals surface area contributed by atoms with Crippen molar-refractivity contribution < 1.29 is 4.79 Å². The zero-order valence-electron chi connectivity index (χ0n) is 4.00. The minimum atomic E-state index is 0.212. The summed E-state index contributed by atoms with van der Waals surface area (Å²) in [5, 5.41) is 1.20. The summed E-state index contributed by atoms with van der Waals surface area (Å²) in [6, 6.07) is 0. The SMILES string of the molecule is C=CN(N)CC=O. The molecule has 0 aromatic carbocycles. The van der Waals surface area contributed by atoms with Crippen LogP contribution in [0.1, 0.15) is 0 Å². The van der Waals surface area contributed by atoms with E-state index >= 15 is 0 Å². The zero-order chi connectivity index (χ0) is 5.70. The van der Waals surface area contributed by atoms with E-state index in [1.807, 2.05) is 0 Å². The number of aldehydes is 1. The number of nitrogens with zero attached hydrogens (tertiary/aromatic N) is 1. The van der Waals surface area contributed by atoms with Crippen molar-refractivity contribution in [3.63, 3.8) is 0 Å². The van der Waals surface area contributed by atoms with Gasteiger partial charge in [-0.2, -0.15) is 0 Å². The Labute approximate surface area is 42.4 Å². The van der Waals surface area contributed by atoms with Crippen molar-refractivity contribution in [3.05, 3.63) is 12.8 Å². The molecular formula is C4H8N2O. The number of hydrogen-bond acceptors (Lipinski definition) is 3. The van der Waals surface area contributed by atoms with Gasteiger partial charge in [-0.1, -0.05) is 6.58 Å². The molecule has 0 fully saturated rings. The second-order valence-corrected chi connectivity index (χ2v) is 1.05. The first kappa shape index (κ1) is 6.17. The van der Waals surface area contributed by atoms with Crippen molar-refractivity contribution in [1.82, 2.24) is 5.01 Å². The minimum Gasteiger partial charge on any atom is -0.312 e. The van der Waals surface area contributed by atoms with E-state index in [0.29, 0.717) is 6.29 Å². The predicted octanol–water partition coefficient (Wildman–Crippen LogP) is -0.496. The fraction of sp³-hybridized carbons (Fsp3) is 0.250. The first-order chi connectivity index (χ1) is 3.31. The van der Waals surface area contributed by atoms with Gasteiger partial charge in [-0.15, -0.1) is 0 Å². The molecule has 0 saturated heterocycles. The van der Waals surface area contributed by atoms with Gasteiger partial charge in [0, 0.05) is 6.20 Å². The summed E-state index contributed by atoms with van der Waals surface area (Å²) in [4.78, 5) is 9.60. The van der Waals surface area contributed by atoms with Gasteiger partial charge in [0.15, 0.2) is 0 Å².